The monoisotopic (exact) mass is 559 g/mol. The quantitative estimate of drug-likeness (QED) is 0.480. The second-order valence-corrected chi connectivity index (χ2v) is 9.69. The minimum Gasteiger partial charge on any atom is -0.475 e. The van der Waals surface area contributed by atoms with Crippen LogP contribution in [0.25, 0.3) is 0 Å². The summed E-state index contributed by atoms with van der Waals surface area (Å²) < 4.78 is 69.3. The van der Waals surface area contributed by atoms with E-state index in [0.717, 1.165) is 63.0 Å². The molecule has 1 aromatic rings. The van der Waals surface area contributed by atoms with Gasteiger partial charge in [0, 0.05) is 39.1 Å². The summed E-state index contributed by atoms with van der Waals surface area (Å²) in [7, 11) is 0. The van der Waals surface area contributed by atoms with Crippen LogP contribution in [0.4, 0.5) is 26.3 Å². The Morgan fingerprint density at radius 3 is 2.00 bits per heavy atom. The molecule has 9 nitrogen and oxygen atoms in total. The fourth-order valence-corrected chi connectivity index (χ4v) is 4.34. The zero-order valence-electron chi connectivity index (χ0n) is 20.7. The zero-order valence-corrected chi connectivity index (χ0v) is 20.7. The van der Waals surface area contributed by atoms with Gasteiger partial charge in [-0.3, -0.25) is 14.6 Å². The fourth-order valence-electron chi connectivity index (χ4n) is 4.34. The molecule has 1 amide bonds. The van der Waals surface area contributed by atoms with E-state index in [0.29, 0.717) is 6.42 Å². The van der Waals surface area contributed by atoms with E-state index >= 15 is 0 Å². The van der Waals surface area contributed by atoms with E-state index in [2.05, 4.69) is 21.2 Å². The lowest BCUT2D eigenvalue weighted by molar-refractivity contribution is -0.193. The molecule has 1 spiro atoms. The normalized spacial score (nSPS) is 22.9. The Kier molecular flexibility index (Phi) is 10.6. The van der Waals surface area contributed by atoms with Gasteiger partial charge in [0.15, 0.2) is 0 Å². The molecule has 0 radical (unpaired) electrons. The van der Waals surface area contributed by atoms with Gasteiger partial charge in [-0.25, -0.2) is 9.59 Å². The van der Waals surface area contributed by atoms with E-state index in [9.17, 15) is 31.1 Å². The average Bonchev–Trinajstić information content (AvgIpc) is 3.52. The molecule has 1 aliphatic carbocycles. The van der Waals surface area contributed by atoms with Gasteiger partial charge in [-0.2, -0.15) is 26.3 Å². The smallest absolute Gasteiger partial charge is 0.475 e. The number of hydrogen-bond donors (Lipinski definition) is 3. The van der Waals surface area contributed by atoms with Crippen molar-refractivity contribution in [2.75, 3.05) is 32.7 Å². The first-order chi connectivity index (χ1) is 17.5. The predicted molar refractivity (Wildman–Crippen MR) is 120 cm³/mol. The first-order valence-electron chi connectivity index (χ1n) is 11.9. The molecule has 0 aromatic carbocycles. The Hall–Kier alpha value is -2.81. The third-order valence-corrected chi connectivity index (χ3v) is 6.12. The molecule has 216 valence electrons. The Morgan fingerprint density at radius 1 is 1.03 bits per heavy atom. The van der Waals surface area contributed by atoms with Crippen molar-refractivity contribution in [2.45, 2.75) is 63.5 Å². The fraction of sp³-hybridized carbons (Fsp3) is 0.696. The van der Waals surface area contributed by atoms with Crippen molar-refractivity contribution in [3.05, 3.63) is 23.7 Å². The summed E-state index contributed by atoms with van der Waals surface area (Å²) in [5, 5.41) is 17.6. The van der Waals surface area contributed by atoms with Crippen molar-refractivity contribution in [1.82, 2.24) is 15.1 Å². The second-order valence-electron chi connectivity index (χ2n) is 9.69. The van der Waals surface area contributed by atoms with Crippen LogP contribution in [0.15, 0.2) is 16.5 Å². The van der Waals surface area contributed by atoms with Crippen LogP contribution in [0.5, 0.6) is 0 Å². The Balaban J connectivity index is 0.000000301. The number of carbonyl (C=O) groups excluding carboxylic acids is 1. The van der Waals surface area contributed by atoms with Crippen LogP contribution >= 0.6 is 0 Å². The highest BCUT2D eigenvalue weighted by atomic mass is 19.4. The molecular weight excluding hydrogens is 528 g/mol. The van der Waals surface area contributed by atoms with E-state index in [-0.39, 0.29) is 11.4 Å². The van der Waals surface area contributed by atoms with Crippen LogP contribution < -0.4 is 5.32 Å². The summed E-state index contributed by atoms with van der Waals surface area (Å²) in [5.41, 5.74) is -0.0810. The number of hydrogen-bond acceptors (Lipinski definition) is 6. The zero-order chi connectivity index (χ0) is 28.7. The number of furan rings is 1. The van der Waals surface area contributed by atoms with Crippen molar-refractivity contribution in [3.63, 3.8) is 0 Å². The van der Waals surface area contributed by atoms with Gasteiger partial charge in [0.05, 0.1) is 12.1 Å². The van der Waals surface area contributed by atoms with E-state index in [4.69, 9.17) is 24.2 Å². The number of rotatable bonds is 4. The Morgan fingerprint density at radius 2 is 1.55 bits per heavy atom. The van der Waals surface area contributed by atoms with E-state index in [1.54, 1.807) is 0 Å². The largest absolute Gasteiger partial charge is 0.490 e. The van der Waals surface area contributed by atoms with Gasteiger partial charge in [0.25, 0.3) is 0 Å². The van der Waals surface area contributed by atoms with Gasteiger partial charge in [-0.1, -0.05) is 0 Å². The summed E-state index contributed by atoms with van der Waals surface area (Å²) in [4.78, 5) is 34.9. The number of carboxylic acid groups (broad SMARTS) is 2. The van der Waals surface area contributed by atoms with E-state index < -0.39 is 24.3 Å². The van der Waals surface area contributed by atoms with Crippen LogP contribution in [-0.4, -0.2) is 88.5 Å². The minimum atomic E-state index is -5.08. The van der Waals surface area contributed by atoms with Crippen LogP contribution in [0.2, 0.25) is 0 Å². The molecule has 3 fully saturated rings. The molecule has 1 unspecified atom stereocenters. The van der Waals surface area contributed by atoms with Crippen molar-refractivity contribution < 1.29 is 55.4 Å². The third-order valence-electron chi connectivity index (χ3n) is 6.12. The summed E-state index contributed by atoms with van der Waals surface area (Å²) in [6.45, 7) is 8.10. The summed E-state index contributed by atoms with van der Waals surface area (Å²) in [5.74, 6) is -2.40. The van der Waals surface area contributed by atoms with Crippen LogP contribution in [0, 0.1) is 12.8 Å². The minimum absolute atomic E-state index is 0.0810. The lowest BCUT2D eigenvalue weighted by atomic mass is 9.87. The average molecular weight is 560 g/mol. The molecular formula is C23H31F6N3O6. The second kappa shape index (κ2) is 12.8. The number of carbonyl (C=O) groups is 3. The molecule has 1 atom stereocenters. The highest BCUT2D eigenvalue weighted by molar-refractivity contribution is 5.77. The van der Waals surface area contributed by atoms with E-state index in [1.807, 2.05) is 13.0 Å². The number of halogens is 6. The summed E-state index contributed by atoms with van der Waals surface area (Å²) in [6, 6.07) is 4.11. The first kappa shape index (κ1) is 31.4. The maximum absolute atomic E-state index is 12.1. The van der Waals surface area contributed by atoms with Crippen molar-refractivity contribution in [3.8, 4) is 0 Å². The number of amides is 1. The van der Waals surface area contributed by atoms with E-state index in [1.165, 1.54) is 19.4 Å². The van der Waals surface area contributed by atoms with Gasteiger partial charge in [-0.05, 0) is 50.7 Å². The van der Waals surface area contributed by atoms with Crippen LogP contribution in [0.3, 0.4) is 0 Å². The topological polar surface area (TPSA) is 123 Å². The molecule has 38 heavy (non-hydrogen) atoms. The Labute approximate surface area is 214 Å². The van der Waals surface area contributed by atoms with Crippen molar-refractivity contribution >= 4 is 17.8 Å². The molecule has 4 rings (SSSR count). The van der Waals surface area contributed by atoms with Crippen LogP contribution in [-0.2, 0) is 20.9 Å². The lowest BCUT2D eigenvalue weighted by Gasteiger charge is -2.41. The molecule has 1 aromatic heterocycles. The van der Waals surface area contributed by atoms with Gasteiger partial charge in [-0.15, -0.1) is 0 Å². The number of alkyl halides is 6. The van der Waals surface area contributed by atoms with Gasteiger partial charge >= 0.3 is 24.3 Å². The molecule has 2 aliphatic heterocycles. The molecule has 1 saturated carbocycles. The summed E-state index contributed by atoms with van der Waals surface area (Å²) >= 11 is 0. The highest BCUT2D eigenvalue weighted by Crippen LogP contribution is 2.32. The Bertz CT molecular complexity index is 938. The molecule has 15 heteroatoms. The molecule has 2 saturated heterocycles. The number of piperidine rings is 1. The highest BCUT2D eigenvalue weighted by Gasteiger charge is 2.41. The number of carboxylic acids is 2. The molecule has 3 aliphatic rings. The van der Waals surface area contributed by atoms with Gasteiger partial charge in [0.1, 0.15) is 11.5 Å². The molecule has 0 bridgehead atoms. The van der Waals surface area contributed by atoms with Gasteiger partial charge < -0.3 is 19.9 Å². The van der Waals surface area contributed by atoms with Crippen molar-refractivity contribution in [1.29, 1.82) is 0 Å². The molecule has 3 heterocycles. The number of aryl methyl sites for hydroxylation is 1. The maximum atomic E-state index is 12.1. The summed E-state index contributed by atoms with van der Waals surface area (Å²) in [6.07, 6.45) is -4.62. The standard InChI is InChI=1S/C19H29N3O2.2C2HF3O2/c1-15-4-7-17(24-15)12-22-10-9-21(11-16-5-6-16)13-19(14-22)8-2-3-18(23)20-19;2*3-2(4,5)1(6)7/h4,7,16H,2-3,5-6,8-14H2,1H3,(H,20,23);2*(H,6,7). The number of nitrogens with zero attached hydrogens (tertiary/aromatic N) is 2. The number of nitrogens with one attached hydrogen (secondary N) is 1. The predicted octanol–water partition coefficient (Wildman–Crippen LogP) is 3.42. The number of aliphatic carboxylic acids is 2. The van der Waals surface area contributed by atoms with Gasteiger partial charge in [0.2, 0.25) is 5.91 Å². The lowest BCUT2D eigenvalue weighted by Crippen LogP contribution is -2.61. The van der Waals surface area contributed by atoms with Crippen molar-refractivity contribution in [2.24, 2.45) is 5.92 Å². The van der Waals surface area contributed by atoms with Crippen LogP contribution in [0.1, 0.15) is 43.6 Å². The first-order valence-corrected chi connectivity index (χ1v) is 11.9. The SMILES string of the molecule is Cc1ccc(CN2CCN(CC3CC3)CC3(CCCC(=O)N3)C2)o1.O=C(O)C(F)(F)F.O=C(O)C(F)(F)F. The maximum Gasteiger partial charge on any atom is 0.490 e. The third kappa shape index (κ3) is 10.9. The molecule has 3 N–H and O–H groups in total.